The summed E-state index contributed by atoms with van der Waals surface area (Å²) in [6.45, 7) is 2.13. The van der Waals surface area contributed by atoms with Crippen molar-refractivity contribution in [1.82, 2.24) is 24.5 Å². The molecule has 0 aliphatic heterocycles. The molecule has 4 rings (SSSR count). The van der Waals surface area contributed by atoms with Crippen LogP contribution in [0.1, 0.15) is 18.2 Å². The van der Waals surface area contributed by atoms with Crippen molar-refractivity contribution in [3.05, 3.63) is 88.7 Å². The van der Waals surface area contributed by atoms with Crippen molar-refractivity contribution in [2.24, 2.45) is 0 Å². The number of allylic oxidation sites excluding steroid dienone is 1. The van der Waals surface area contributed by atoms with Crippen molar-refractivity contribution in [1.29, 1.82) is 0 Å². The van der Waals surface area contributed by atoms with Crippen LogP contribution in [0.15, 0.2) is 67.4 Å². The summed E-state index contributed by atoms with van der Waals surface area (Å²) in [5.74, 6) is 1.37. The van der Waals surface area contributed by atoms with Gasteiger partial charge in [-0.25, -0.2) is 9.67 Å². The molecule has 0 unspecified atom stereocenters. The highest BCUT2D eigenvalue weighted by molar-refractivity contribution is 6.35. The van der Waals surface area contributed by atoms with Gasteiger partial charge >= 0.3 is 0 Å². The fourth-order valence-corrected chi connectivity index (χ4v) is 3.49. The Morgan fingerprint density at radius 1 is 1.10 bits per heavy atom. The van der Waals surface area contributed by atoms with Gasteiger partial charge in [0.2, 0.25) is 0 Å². The zero-order chi connectivity index (χ0) is 21.8. The third-order valence-corrected chi connectivity index (χ3v) is 5.19. The first kappa shape index (κ1) is 21.0. The summed E-state index contributed by atoms with van der Waals surface area (Å²) < 4.78 is 14.9. The average Bonchev–Trinajstić information content (AvgIpc) is 3.47. The summed E-state index contributed by atoms with van der Waals surface area (Å²) in [5.41, 5.74) is 3.08. The maximum atomic E-state index is 6.45. The van der Waals surface area contributed by atoms with E-state index in [1.165, 1.54) is 0 Å². The molecule has 0 radical (unpaired) electrons. The van der Waals surface area contributed by atoms with Crippen LogP contribution in [-0.4, -0.2) is 31.7 Å². The van der Waals surface area contributed by atoms with Crippen LogP contribution < -0.4 is 4.74 Å². The number of aromatic nitrogens is 5. The third-order valence-electron chi connectivity index (χ3n) is 4.64. The minimum atomic E-state index is 0.205. The Bertz CT molecular complexity index is 1200. The van der Waals surface area contributed by atoms with Crippen molar-refractivity contribution < 1.29 is 9.47 Å². The number of hydrogen-bond donors (Lipinski definition) is 0. The minimum absolute atomic E-state index is 0.205. The molecule has 0 saturated carbocycles. The number of imidazole rings is 1. The summed E-state index contributed by atoms with van der Waals surface area (Å²) >= 11 is 12.5. The molecule has 0 atom stereocenters. The maximum absolute atomic E-state index is 6.45. The van der Waals surface area contributed by atoms with E-state index >= 15 is 0 Å². The van der Waals surface area contributed by atoms with Gasteiger partial charge in [-0.05, 0) is 49.4 Å². The number of rotatable bonds is 7. The smallest absolute Gasteiger partial charge is 0.148 e. The molecule has 2 heterocycles. The Balaban J connectivity index is 1.60. The lowest BCUT2D eigenvalue weighted by Crippen LogP contribution is -2.01. The molecule has 0 bridgehead atoms. The Hall–Kier alpha value is -3.29. The molecule has 2 aromatic heterocycles. The summed E-state index contributed by atoms with van der Waals surface area (Å²) in [4.78, 5) is 4.11. The van der Waals surface area contributed by atoms with Crippen molar-refractivity contribution >= 4 is 34.7 Å². The number of hydrogen-bond acceptors (Lipinski definition) is 5. The SMILES string of the molecule is COc1ccc(-n2cc(CO/C(=C(/C)n3ccnc3)c3ccc(Cl)cc3Cl)nn2)cc1. The van der Waals surface area contributed by atoms with Crippen LogP contribution in [0.4, 0.5) is 0 Å². The van der Waals surface area contributed by atoms with Gasteiger partial charge in [0.25, 0.3) is 0 Å². The van der Waals surface area contributed by atoms with Crippen molar-refractivity contribution in [3.8, 4) is 11.4 Å². The summed E-state index contributed by atoms with van der Waals surface area (Å²) in [6.07, 6.45) is 7.05. The molecule has 4 aromatic rings. The van der Waals surface area contributed by atoms with E-state index < -0.39 is 0 Å². The lowest BCUT2D eigenvalue weighted by atomic mass is 10.1. The number of benzene rings is 2. The van der Waals surface area contributed by atoms with E-state index in [2.05, 4.69) is 15.3 Å². The molecule has 0 aliphatic rings. The van der Waals surface area contributed by atoms with E-state index in [0.717, 1.165) is 22.7 Å². The van der Waals surface area contributed by atoms with Crippen LogP contribution in [0.3, 0.4) is 0 Å². The van der Waals surface area contributed by atoms with Crippen molar-refractivity contribution in [3.63, 3.8) is 0 Å². The van der Waals surface area contributed by atoms with Gasteiger partial charge in [0.1, 0.15) is 23.8 Å². The molecule has 7 nitrogen and oxygen atoms in total. The minimum Gasteiger partial charge on any atom is -0.497 e. The Morgan fingerprint density at radius 3 is 2.58 bits per heavy atom. The van der Waals surface area contributed by atoms with Crippen LogP contribution in [-0.2, 0) is 11.3 Å². The molecule has 0 N–H and O–H groups in total. The van der Waals surface area contributed by atoms with Gasteiger partial charge in [-0.2, -0.15) is 0 Å². The molecule has 158 valence electrons. The zero-order valence-corrected chi connectivity index (χ0v) is 18.4. The van der Waals surface area contributed by atoms with E-state index in [-0.39, 0.29) is 6.61 Å². The number of methoxy groups -OCH3 is 1. The number of halogens is 2. The van der Waals surface area contributed by atoms with Gasteiger partial charge in [0.05, 0.1) is 36.0 Å². The number of nitrogens with zero attached hydrogens (tertiary/aromatic N) is 5. The normalized spacial score (nSPS) is 11.9. The molecule has 0 amide bonds. The molecular formula is C22H19Cl2N5O2. The van der Waals surface area contributed by atoms with Gasteiger partial charge in [-0.3, -0.25) is 0 Å². The Labute approximate surface area is 189 Å². The van der Waals surface area contributed by atoms with Crippen LogP contribution in [0.5, 0.6) is 5.75 Å². The summed E-state index contributed by atoms with van der Waals surface area (Å²) in [7, 11) is 1.63. The van der Waals surface area contributed by atoms with E-state index in [0.29, 0.717) is 21.5 Å². The van der Waals surface area contributed by atoms with E-state index in [9.17, 15) is 0 Å². The number of ether oxygens (including phenoxy) is 2. The standard InChI is InChI=1S/C22H19Cl2N5O2/c1-15(28-10-9-25-14-28)22(20-8-3-16(23)11-21(20)24)31-13-17-12-29(27-26-17)18-4-6-19(30-2)7-5-18/h3-12,14H,13H2,1-2H3/b22-15-. The van der Waals surface area contributed by atoms with Crippen molar-refractivity contribution in [2.45, 2.75) is 13.5 Å². The van der Waals surface area contributed by atoms with E-state index in [1.54, 1.807) is 36.4 Å². The molecular weight excluding hydrogens is 437 g/mol. The van der Waals surface area contributed by atoms with Crippen LogP contribution >= 0.6 is 23.2 Å². The van der Waals surface area contributed by atoms with Crippen LogP contribution in [0, 0.1) is 0 Å². The van der Waals surface area contributed by atoms with Gasteiger partial charge in [-0.15, -0.1) is 5.10 Å². The quantitative estimate of drug-likeness (QED) is 0.351. The highest BCUT2D eigenvalue weighted by Crippen LogP contribution is 2.32. The highest BCUT2D eigenvalue weighted by Gasteiger charge is 2.15. The topological polar surface area (TPSA) is 67.0 Å². The predicted molar refractivity (Wildman–Crippen MR) is 120 cm³/mol. The maximum Gasteiger partial charge on any atom is 0.148 e. The Morgan fingerprint density at radius 2 is 1.90 bits per heavy atom. The second-order valence-corrected chi connectivity index (χ2v) is 7.49. The summed E-state index contributed by atoms with van der Waals surface area (Å²) in [5, 5.41) is 9.45. The lowest BCUT2D eigenvalue weighted by molar-refractivity contribution is 0.260. The summed E-state index contributed by atoms with van der Waals surface area (Å²) in [6, 6.07) is 12.8. The molecule has 2 aromatic carbocycles. The average molecular weight is 456 g/mol. The molecule has 0 fully saturated rings. The van der Waals surface area contributed by atoms with Gasteiger partial charge in [0.15, 0.2) is 0 Å². The first-order chi connectivity index (χ1) is 15.0. The second-order valence-electron chi connectivity index (χ2n) is 6.65. The van der Waals surface area contributed by atoms with Crippen molar-refractivity contribution in [2.75, 3.05) is 7.11 Å². The molecule has 9 heteroatoms. The van der Waals surface area contributed by atoms with Crippen LogP contribution in [0.2, 0.25) is 10.0 Å². The Kier molecular flexibility index (Phi) is 6.25. The molecule has 0 saturated heterocycles. The highest BCUT2D eigenvalue weighted by atomic mass is 35.5. The lowest BCUT2D eigenvalue weighted by Gasteiger charge is -2.15. The first-order valence-corrected chi connectivity index (χ1v) is 10.1. The van der Waals surface area contributed by atoms with E-state index in [4.69, 9.17) is 32.7 Å². The fraction of sp³-hybridized carbons (Fsp3) is 0.136. The first-order valence-electron chi connectivity index (χ1n) is 9.38. The second kappa shape index (κ2) is 9.24. The van der Waals surface area contributed by atoms with Crippen LogP contribution in [0.25, 0.3) is 17.1 Å². The van der Waals surface area contributed by atoms with Gasteiger partial charge in [-0.1, -0.05) is 28.4 Å². The predicted octanol–water partition coefficient (Wildman–Crippen LogP) is 5.34. The molecule has 0 aliphatic carbocycles. The third kappa shape index (κ3) is 4.73. The largest absolute Gasteiger partial charge is 0.497 e. The fourth-order valence-electron chi connectivity index (χ4n) is 3.00. The monoisotopic (exact) mass is 455 g/mol. The molecule has 31 heavy (non-hydrogen) atoms. The van der Waals surface area contributed by atoms with Gasteiger partial charge in [0, 0.05) is 23.0 Å². The zero-order valence-electron chi connectivity index (χ0n) is 16.9. The van der Waals surface area contributed by atoms with E-state index in [1.807, 2.05) is 54.2 Å². The van der Waals surface area contributed by atoms with Gasteiger partial charge < -0.3 is 14.0 Å². The molecule has 0 spiro atoms.